The van der Waals surface area contributed by atoms with E-state index in [1.54, 1.807) is 18.2 Å². The lowest BCUT2D eigenvalue weighted by Gasteiger charge is -1.98. The fourth-order valence-corrected chi connectivity index (χ4v) is 1.95. The fraction of sp³-hybridized carbons (Fsp3) is 0. The molecular weight excluding hydrogens is 274 g/mol. The van der Waals surface area contributed by atoms with E-state index in [0.717, 1.165) is 0 Å². The van der Waals surface area contributed by atoms with E-state index in [1.807, 2.05) is 12.1 Å². The van der Waals surface area contributed by atoms with Crippen LogP contribution >= 0.6 is 0 Å². The molecule has 0 unspecified atom stereocenters. The van der Waals surface area contributed by atoms with Crippen molar-refractivity contribution in [3.63, 3.8) is 0 Å². The maximum Gasteiger partial charge on any atom is 0.337 e. The van der Waals surface area contributed by atoms with E-state index < -0.39 is 5.97 Å². The van der Waals surface area contributed by atoms with Crippen LogP contribution in [0, 0.1) is 0 Å². The van der Waals surface area contributed by atoms with Crippen LogP contribution in [0.1, 0.15) is 10.4 Å². The number of hydrogen-bond donors (Lipinski definition) is 2. The number of rotatable bonds is 2. The van der Waals surface area contributed by atoms with Gasteiger partial charge in [0, 0.05) is 5.69 Å². The third-order valence-electron chi connectivity index (χ3n) is 3.07. The van der Waals surface area contributed by atoms with E-state index in [4.69, 9.17) is 10.8 Å². The first-order chi connectivity index (χ1) is 10.7. The molecule has 0 aliphatic carbocycles. The zero-order valence-electron chi connectivity index (χ0n) is 12.0. The number of aromatic carboxylic acids is 1. The lowest BCUT2D eigenvalue weighted by Crippen LogP contribution is -2.00. The molecule has 0 saturated heterocycles. The minimum atomic E-state index is -0.988. The third kappa shape index (κ3) is 4.21. The minimum Gasteiger partial charge on any atom is -0.478 e. The molecule has 0 atom stereocenters. The summed E-state index contributed by atoms with van der Waals surface area (Å²) in [5.41, 5.74) is 8.35. The molecule has 0 saturated carbocycles. The molecule has 0 spiro atoms. The van der Waals surface area contributed by atoms with Gasteiger partial charge in [-0.05, 0) is 23.3 Å². The Morgan fingerprint density at radius 2 is 1.09 bits per heavy atom. The van der Waals surface area contributed by atoms with Gasteiger partial charge in [0.05, 0.1) is 5.56 Å². The fourth-order valence-electron chi connectivity index (χ4n) is 1.95. The van der Waals surface area contributed by atoms with Gasteiger partial charge in [0.1, 0.15) is 0 Å². The molecular formula is C19H17NO2. The molecule has 0 heterocycles. The Balaban J connectivity index is 0.000000164. The lowest BCUT2D eigenvalue weighted by atomic mass is 10.1. The summed E-state index contributed by atoms with van der Waals surface area (Å²) in [5, 5.41) is 8.49. The number of carboxylic acids is 1. The van der Waals surface area contributed by atoms with Crippen molar-refractivity contribution in [2.75, 3.05) is 5.73 Å². The molecule has 3 aromatic carbocycles. The Bertz CT molecular complexity index is 687. The van der Waals surface area contributed by atoms with Gasteiger partial charge in [-0.15, -0.1) is 0 Å². The zero-order chi connectivity index (χ0) is 15.8. The summed E-state index contributed by atoms with van der Waals surface area (Å²) < 4.78 is 0. The maximum atomic E-state index is 10.3. The molecule has 0 amide bonds. The molecule has 3 nitrogen and oxygen atoms in total. The quantitative estimate of drug-likeness (QED) is 0.691. The monoisotopic (exact) mass is 291 g/mol. The molecule has 0 aromatic heterocycles. The van der Waals surface area contributed by atoms with Crippen LogP contribution in [0.4, 0.5) is 5.69 Å². The van der Waals surface area contributed by atoms with Gasteiger partial charge in [-0.2, -0.15) is 0 Å². The number of carboxylic acid groups (broad SMARTS) is 1. The van der Waals surface area contributed by atoms with Crippen LogP contribution in [0.25, 0.3) is 11.1 Å². The highest BCUT2D eigenvalue weighted by molar-refractivity contribution is 5.93. The van der Waals surface area contributed by atoms with Crippen LogP contribution in [0.3, 0.4) is 0 Å². The van der Waals surface area contributed by atoms with E-state index in [9.17, 15) is 4.79 Å². The standard InChI is InChI=1S/C12H10.C7H7NO2/c1-3-7-11(8-4-1)12-9-5-2-6-10-12;8-6-4-2-1-3-5(6)7(9)10/h1-10H;1-4H,8H2,(H,9,10). The molecule has 0 aliphatic rings. The molecule has 3 rings (SSSR count). The summed E-state index contributed by atoms with van der Waals surface area (Å²) in [6, 6.07) is 27.1. The third-order valence-corrected chi connectivity index (χ3v) is 3.07. The largest absolute Gasteiger partial charge is 0.478 e. The second-order valence-electron chi connectivity index (χ2n) is 4.62. The summed E-state index contributed by atoms with van der Waals surface area (Å²) in [4.78, 5) is 10.3. The summed E-state index contributed by atoms with van der Waals surface area (Å²) in [6.45, 7) is 0. The Hall–Kier alpha value is -3.07. The average molecular weight is 291 g/mol. The van der Waals surface area contributed by atoms with Crippen molar-refractivity contribution in [1.29, 1.82) is 0 Å². The van der Waals surface area contributed by atoms with Crippen molar-refractivity contribution in [2.45, 2.75) is 0 Å². The molecule has 3 heteroatoms. The summed E-state index contributed by atoms with van der Waals surface area (Å²) in [6.07, 6.45) is 0. The number of nitrogen functional groups attached to an aromatic ring is 1. The summed E-state index contributed by atoms with van der Waals surface area (Å²) in [7, 11) is 0. The Labute approximate surface area is 129 Å². The number of anilines is 1. The lowest BCUT2D eigenvalue weighted by molar-refractivity contribution is 0.0698. The number of carbonyl (C=O) groups is 1. The predicted molar refractivity (Wildman–Crippen MR) is 89.7 cm³/mol. The Morgan fingerprint density at radius 1 is 0.682 bits per heavy atom. The Morgan fingerprint density at radius 3 is 1.45 bits per heavy atom. The van der Waals surface area contributed by atoms with E-state index in [0.29, 0.717) is 5.69 Å². The number of hydrogen-bond acceptors (Lipinski definition) is 2. The molecule has 3 aromatic rings. The van der Waals surface area contributed by atoms with Crippen molar-refractivity contribution >= 4 is 11.7 Å². The highest BCUT2D eigenvalue weighted by atomic mass is 16.4. The van der Waals surface area contributed by atoms with Gasteiger partial charge >= 0.3 is 5.97 Å². The average Bonchev–Trinajstić information content (AvgIpc) is 2.57. The topological polar surface area (TPSA) is 63.3 Å². The number of benzene rings is 3. The van der Waals surface area contributed by atoms with Crippen molar-refractivity contribution in [3.05, 3.63) is 90.5 Å². The van der Waals surface area contributed by atoms with Crippen molar-refractivity contribution < 1.29 is 9.90 Å². The van der Waals surface area contributed by atoms with Gasteiger partial charge in [0.15, 0.2) is 0 Å². The van der Waals surface area contributed by atoms with Crippen LogP contribution in [0.15, 0.2) is 84.9 Å². The summed E-state index contributed by atoms with van der Waals surface area (Å²) >= 11 is 0. The highest BCUT2D eigenvalue weighted by Gasteiger charge is 2.03. The molecule has 0 fully saturated rings. The molecule has 0 radical (unpaired) electrons. The van der Waals surface area contributed by atoms with Crippen LogP contribution in [-0.4, -0.2) is 11.1 Å². The zero-order valence-corrected chi connectivity index (χ0v) is 12.0. The van der Waals surface area contributed by atoms with E-state index in [2.05, 4.69) is 48.5 Å². The number of nitrogens with two attached hydrogens (primary N) is 1. The molecule has 110 valence electrons. The highest BCUT2D eigenvalue weighted by Crippen LogP contribution is 2.17. The van der Waals surface area contributed by atoms with Gasteiger partial charge in [-0.1, -0.05) is 72.8 Å². The van der Waals surface area contributed by atoms with E-state index >= 15 is 0 Å². The van der Waals surface area contributed by atoms with Gasteiger partial charge in [-0.25, -0.2) is 4.79 Å². The normalized spacial score (nSPS) is 9.45. The first-order valence-corrected chi connectivity index (χ1v) is 6.87. The van der Waals surface area contributed by atoms with Crippen LogP contribution in [-0.2, 0) is 0 Å². The van der Waals surface area contributed by atoms with Gasteiger partial charge in [0.2, 0.25) is 0 Å². The Kier molecular flexibility index (Phi) is 5.32. The van der Waals surface area contributed by atoms with Crippen LogP contribution < -0.4 is 5.73 Å². The van der Waals surface area contributed by atoms with Crippen LogP contribution in [0.2, 0.25) is 0 Å². The summed E-state index contributed by atoms with van der Waals surface area (Å²) in [5.74, 6) is -0.988. The number of para-hydroxylation sites is 1. The molecule has 0 bridgehead atoms. The van der Waals surface area contributed by atoms with E-state index in [1.165, 1.54) is 17.2 Å². The molecule has 22 heavy (non-hydrogen) atoms. The maximum absolute atomic E-state index is 10.3. The van der Waals surface area contributed by atoms with Gasteiger partial charge in [-0.3, -0.25) is 0 Å². The second-order valence-corrected chi connectivity index (χ2v) is 4.62. The van der Waals surface area contributed by atoms with E-state index in [-0.39, 0.29) is 5.56 Å². The minimum absolute atomic E-state index is 0.155. The van der Waals surface area contributed by atoms with Gasteiger partial charge in [0.25, 0.3) is 0 Å². The second kappa shape index (κ2) is 7.64. The smallest absolute Gasteiger partial charge is 0.337 e. The molecule has 0 aliphatic heterocycles. The van der Waals surface area contributed by atoms with Gasteiger partial charge < -0.3 is 10.8 Å². The first-order valence-electron chi connectivity index (χ1n) is 6.87. The van der Waals surface area contributed by atoms with Crippen molar-refractivity contribution in [3.8, 4) is 11.1 Å². The molecule has 3 N–H and O–H groups in total. The first kappa shape index (κ1) is 15.3. The van der Waals surface area contributed by atoms with Crippen molar-refractivity contribution in [1.82, 2.24) is 0 Å². The predicted octanol–water partition coefficient (Wildman–Crippen LogP) is 4.32. The van der Waals surface area contributed by atoms with Crippen LogP contribution in [0.5, 0.6) is 0 Å². The SMILES string of the molecule is Nc1ccccc1C(=O)O.c1ccc(-c2ccccc2)cc1. The van der Waals surface area contributed by atoms with Crippen molar-refractivity contribution in [2.24, 2.45) is 0 Å².